The molecule has 1 aromatic heterocycles. The van der Waals surface area contributed by atoms with Crippen LogP contribution in [-0.4, -0.2) is 33.2 Å². The van der Waals surface area contributed by atoms with Crippen LogP contribution >= 0.6 is 15.9 Å². The smallest absolute Gasteiger partial charge is 0.429 e. The molecule has 0 N–H and O–H groups in total. The largest absolute Gasteiger partial charge is 0.442 e. The number of nitriles is 1. The van der Waals surface area contributed by atoms with Crippen molar-refractivity contribution in [3.8, 4) is 6.07 Å². The van der Waals surface area contributed by atoms with E-state index < -0.39 is 11.7 Å². The first-order chi connectivity index (χ1) is 13.9. The molecule has 0 aliphatic carbocycles. The summed E-state index contributed by atoms with van der Waals surface area (Å²) in [5.74, 6) is 0.453. The number of ether oxygens (including phenoxy) is 1. The number of nitrogens with zero attached hydrogens (tertiary/aromatic N) is 5. The van der Waals surface area contributed by atoms with Crippen LogP contribution in [0.5, 0.6) is 0 Å². The molecule has 0 saturated carbocycles. The minimum atomic E-state index is -0.667. The first-order valence-corrected chi connectivity index (χ1v) is 10.4. The highest BCUT2D eigenvalue weighted by Gasteiger charge is 2.32. The van der Waals surface area contributed by atoms with Gasteiger partial charge in [0, 0.05) is 12.7 Å². The minimum absolute atomic E-state index is 0.0240. The highest BCUT2D eigenvalue weighted by atomic mass is 79.9. The number of benzene rings is 1. The quantitative estimate of drug-likeness (QED) is 0.546. The van der Waals surface area contributed by atoms with Gasteiger partial charge in [-0.05, 0) is 47.7 Å². The van der Waals surface area contributed by atoms with Crippen LogP contribution in [0, 0.1) is 16.7 Å². The van der Waals surface area contributed by atoms with Gasteiger partial charge in [0.25, 0.3) is 0 Å². The van der Waals surface area contributed by atoms with Crippen LogP contribution in [0.3, 0.4) is 0 Å². The van der Waals surface area contributed by atoms with Gasteiger partial charge in [-0.25, -0.2) is 14.8 Å². The molecule has 30 heavy (non-hydrogen) atoms. The van der Waals surface area contributed by atoms with Gasteiger partial charge >= 0.3 is 6.09 Å². The summed E-state index contributed by atoms with van der Waals surface area (Å²) in [6, 6.07) is 11.6. The van der Waals surface area contributed by atoms with Crippen LogP contribution < -0.4 is 5.01 Å². The maximum absolute atomic E-state index is 13.3. The molecule has 1 aromatic carbocycles. The van der Waals surface area contributed by atoms with Gasteiger partial charge in [0.05, 0.1) is 11.0 Å². The lowest BCUT2D eigenvalue weighted by Gasteiger charge is -2.40. The summed E-state index contributed by atoms with van der Waals surface area (Å²) >= 11 is 3.48. The van der Waals surface area contributed by atoms with Crippen LogP contribution in [0.4, 0.5) is 10.6 Å². The predicted octanol–water partition coefficient (Wildman–Crippen LogP) is 5.32. The number of rotatable bonds is 5. The van der Waals surface area contributed by atoms with Gasteiger partial charge in [0.2, 0.25) is 5.82 Å². The van der Waals surface area contributed by atoms with Crippen molar-refractivity contribution in [1.29, 1.82) is 5.26 Å². The van der Waals surface area contributed by atoms with Gasteiger partial charge in [-0.3, -0.25) is 5.01 Å². The van der Waals surface area contributed by atoms with E-state index in [2.05, 4.69) is 46.7 Å². The molecule has 2 rings (SSSR count). The SMILES string of the molecule is CC(C)(C)CN(c1nc(C#N)ncc1Br)N(Cc1ccccc1)C(=O)OC(C)(C)C. The fourth-order valence-corrected chi connectivity index (χ4v) is 3.03. The Kier molecular flexibility index (Phi) is 7.43. The summed E-state index contributed by atoms with van der Waals surface area (Å²) < 4.78 is 6.28. The molecule has 0 unspecified atom stereocenters. The zero-order chi connectivity index (χ0) is 22.5. The summed E-state index contributed by atoms with van der Waals surface area (Å²) in [5, 5.41) is 12.6. The number of carbonyl (C=O) groups is 1. The molecule has 2 aromatic rings. The summed E-state index contributed by atoms with van der Waals surface area (Å²) in [7, 11) is 0. The summed E-state index contributed by atoms with van der Waals surface area (Å²) in [4.78, 5) is 21.6. The fraction of sp³-hybridized carbons (Fsp3) is 0.455. The second kappa shape index (κ2) is 9.43. The van der Waals surface area contributed by atoms with Crippen molar-refractivity contribution in [3.63, 3.8) is 0 Å². The van der Waals surface area contributed by atoms with Crippen molar-refractivity contribution in [3.05, 3.63) is 52.4 Å². The molecule has 0 fully saturated rings. The Bertz CT molecular complexity index is 914. The van der Waals surface area contributed by atoms with Crippen molar-refractivity contribution in [2.24, 2.45) is 5.41 Å². The van der Waals surface area contributed by atoms with Gasteiger partial charge < -0.3 is 4.74 Å². The second-order valence-corrected chi connectivity index (χ2v) is 9.97. The Hall–Kier alpha value is -2.66. The number of aromatic nitrogens is 2. The van der Waals surface area contributed by atoms with E-state index in [1.54, 1.807) is 5.01 Å². The molecule has 8 heteroatoms. The molecule has 0 bridgehead atoms. The predicted molar refractivity (Wildman–Crippen MR) is 119 cm³/mol. The van der Waals surface area contributed by atoms with Crippen LogP contribution in [0.15, 0.2) is 41.0 Å². The van der Waals surface area contributed by atoms with Crippen molar-refractivity contribution in [1.82, 2.24) is 15.0 Å². The molecule has 0 aliphatic rings. The van der Waals surface area contributed by atoms with Crippen molar-refractivity contribution >= 4 is 27.8 Å². The standard InChI is InChI=1S/C22H28BrN5O2/c1-21(2,3)15-28(19-17(23)13-25-18(12-24)26-19)27(20(29)30-22(4,5)6)14-16-10-8-7-9-11-16/h7-11,13H,14-15H2,1-6H3. The van der Waals surface area contributed by atoms with Gasteiger partial charge in [0.1, 0.15) is 11.7 Å². The van der Waals surface area contributed by atoms with E-state index in [0.717, 1.165) is 5.56 Å². The molecule has 160 valence electrons. The summed E-state index contributed by atoms with van der Waals surface area (Å²) in [6.45, 7) is 12.4. The molecular formula is C22H28BrN5O2. The Morgan fingerprint density at radius 1 is 1.17 bits per heavy atom. The first kappa shape index (κ1) is 23.6. The van der Waals surface area contributed by atoms with Gasteiger partial charge in [0.15, 0.2) is 5.82 Å². The Morgan fingerprint density at radius 2 is 1.80 bits per heavy atom. The minimum Gasteiger partial charge on any atom is -0.442 e. The average Bonchev–Trinajstić information content (AvgIpc) is 2.63. The van der Waals surface area contributed by atoms with Gasteiger partial charge in [-0.2, -0.15) is 10.2 Å². The Labute approximate surface area is 186 Å². The third-order valence-electron chi connectivity index (χ3n) is 3.77. The molecule has 0 radical (unpaired) electrons. The number of hydrogen-bond donors (Lipinski definition) is 0. The van der Waals surface area contributed by atoms with E-state index in [1.807, 2.05) is 57.2 Å². The molecule has 0 aliphatic heterocycles. The number of anilines is 1. The fourth-order valence-electron chi connectivity index (χ4n) is 2.64. The summed E-state index contributed by atoms with van der Waals surface area (Å²) in [6.07, 6.45) is 1.02. The molecule has 1 amide bonds. The number of hydrazine groups is 1. The van der Waals surface area contributed by atoms with Crippen LogP contribution in [-0.2, 0) is 11.3 Å². The van der Waals surface area contributed by atoms with E-state index in [-0.39, 0.29) is 17.8 Å². The number of carbonyl (C=O) groups excluding carboxylic acids is 1. The van der Waals surface area contributed by atoms with E-state index in [4.69, 9.17) is 4.74 Å². The highest BCUT2D eigenvalue weighted by Crippen LogP contribution is 2.30. The van der Waals surface area contributed by atoms with Crippen LogP contribution in [0.2, 0.25) is 0 Å². The third-order valence-corrected chi connectivity index (χ3v) is 4.32. The average molecular weight is 474 g/mol. The Balaban J connectivity index is 2.59. The van der Waals surface area contributed by atoms with Gasteiger partial charge in [-0.15, -0.1) is 0 Å². The molecular weight excluding hydrogens is 446 g/mol. The molecule has 0 spiro atoms. The zero-order valence-corrected chi connectivity index (χ0v) is 19.9. The molecule has 0 saturated heterocycles. The van der Waals surface area contributed by atoms with Crippen LogP contribution in [0.25, 0.3) is 0 Å². The maximum atomic E-state index is 13.3. The van der Waals surface area contributed by atoms with Crippen molar-refractivity contribution < 1.29 is 9.53 Å². The lowest BCUT2D eigenvalue weighted by molar-refractivity contribution is 0.0189. The maximum Gasteiger partial charge on any atom is 0.429 e. The normalized spacial score (nSPS) is 11.5. The number of halogens is 1. The molecule has 7 nitrogen and oxygen atoms in total. The number of hydrogen-bond acceptors (Lipinski definition) is 6. The lowest BCUT2D eigenvalue weighted by atomic mass is 9.96. The van der Waals surface area contributed by atoms with E-state index in [1.165, 1.54) is 11.2 Å². The topological polar surface area (TPSA) is 82.4 Å². The molecule has 0 atom stereocenters. The van der Waals surface area contributed by atoms with E-state index in [9.17, 15) is 10.1 Å². The van der Waals surface area contributed by atoms with Gasteiger partial charge in [-0.1, -0.05) is 51.1 Å². The monoisotopic (exact) mass is 473 g/mol. The second-order valence-electron chi connectivity index (χ2n) is 9.12. The Morgan fingerprint density at radius 3 is 2.33 bits per heavy atom. The third kappa shape index (κ3) is 6.99. The summed E-state index contributed by atoms with van der Waals surface area (Å²) in [5.41, 5.74) is 0.0850. The zero-order valence-electron chi connectivity index (χ0n) is 18.3. The highest BCUT2D eigenvalue weighted by molar-refractivity contribution is 9.10. The molecule has 1 heterocycles. The van der Waals surface area contributed by atoms with Crippen molar-refractivity contribution in [2.45, 2.75) is 53.7 Å². The van der Waals surface area contributed by atoms with Crippen LogP contribution in [0.1, 0.15) is 52.9 Å². The van der Waals surface area contributed by atoms with E-state index >= 15 is 0 Å². The lowest BCUT2D eigenvalue weighted by Crippen LogP contribution is -2.51. The number of amides is 1. The van der Waals surface area contributed by atoms with E-state index in [0.29, 0.717) is 16.8 Å². The first-order valence-electron chi connectivity index (χ1n) is 9.64. The van der Waals surface area contributed by atoms with Crippen molar-refractivity contribution in [2.75, 3.05) is 11.6 Å².